The van der Waals surface area contributed by atoms with E-state index < -0.39 is 31.7 Å². The van der Waals surface area contributed by atoms with E-state index in [1.165, 1.54) is 25.7 Å². The number of fused-ring (bicyclic) bond motifs is 1. The Morgan fingerprint density at radius 2 is 1.60 bits per heavy atom. The standard InChI is InChI=1S/C21H22F6O2Si/c1-30(2,3)29-19(20(22,23)24,21(25,26)27)11-5-10-18(12-13-18)16-9-8-15-14(16)6-4-7-17(15)28/h4-9,11H,10,12-13H2,1-3H3. The smallest absolute Gasteiger partial charge is 0.394 e. The zero-order valence-corrected chi connectivity index (χ0v) is 17.7. The van der Waals surface area contributed by atoms with Gasteiger partial charge in [0.05, 0.1) is 0 Å². The van der Waals surface area contributed by atoms with Crippen molar-refractivity contribution >= 4 is 14.1 Å². The van der Waals surface area contributed by atoms with Crippen LogP contribution in [0.5, 0.6) is 0 Å². The third kappa shape index (κ3) is 4.01. The molecule has 164 valence electrons. The van der Waals surface area contributed by atoms with Crippen molar-refractivity contribution in [2.75, 3.05) is 0 Å². The van der Waals surface area contributed by atoms with E-state index >= 15 is 0 Å². The highest BCUT2D eigenvalue weighted by atomic mass is 28.4. The molecule has 3 rings (SSSR count). The molecule has 3 aliphatic rings. The van der Waals surface area contributed by atoms with Crippen molar-refractivity contribution in [3.05, 3.63) is 59.3 Å². The monoisotopic (exact) mass is 448 g/mol. The summed E-state index contributed by atoms with van der Waals surface area (Å²) in [5.74, 6) is -0.165. The van der Waals surface area contributed by atoms with Crippen LogP contribution in [0.3, 0.4) is 0 Å². The maximum Gasteiger partial charge on any atom is 0.429 e. The zero-order chi connectivity index (χ0) is 22.6. The quantitative estimate of drug-likeness (QED) is 0.269. The van der Waals surface area contributed by atoms with Crippen LogP contribution in [0.2, 0.25) is 19.6 Å². The molecule has 0 aliphatic heterocycles. The van der Waals surface area contributed by atoms with E-state index in [0.717, 1.165) is 11.6 Å². The minimum atomic E-state index is -5.65. The van der Waals surface area contributed by atoms with E-state index in [-0.39, 0.29) is 18.3 Å². The molecule has 0 unspecified atom stereocenters. The fourth-order valence-electron chi connectivity index (χ4n) is 3.84. The Balaban J connectivity index is 1.88. The maximum atomic E-state index is 13.7. The van der Waals surface area contributed by atoms with Gasteiger partial charge in [-0.2, -0.15) is 26.3 Å². The van der Waals surface area contributed by atoms with Crippen LogP contribution < -0.4 is 0 Å². The maximum absolute atomic E-state index is 13.7. The third-order valence-corrected chi connectivity index (χ3v) is 6.30. The molecule has 30 heavy (non-hydrogen) atoms. The van der Waals surface area contributed by atoms with Crippen LogP contribution >= 0.6 is 0 Å². The van der Waals surface area contributed by atoms with Crippen LogP contribution in [-0.2, 0) is 9.22 Å². The summed E-state index contributed by atoms with van der Waals surface area (Å²) >= 11 is 0. The van der Waals surface area contributed by atoms with Gasteiger partial charge in [-0.05, 0) is 67.6 Å². The van der Waals surface area contributed by atoms with Gasteiger partial charge in [-0.15, -0.1) is 0 Å². The van der Waals surface area contributed by atoms with Crippen molar-refractivity contribution < 1.29 is 35.6 Å². The van der Waals surface area contributed by atoms with Gasteiger partial charge < -0.3 is 4.43 Å². The molecule has 0 amide bonds. The molecule has 0 bridgehead atoms. The number of carbonyl (C=O) groups excluding carboxylic acids is 1. The molecular weight excluding hydrogens is 426 g/mol. The largest absolute Gasteiger partial charge is 0.429 e. The molecule has 1 saturated carbocycles. The van der Waals surface area contributed by atoms with Crippen molar-refractivity contribution in [3.63, 3.8) is 0 Å². The van der Waals surface area contributed by atoms with E-state index in [1.54, 1.807) is 24.3 Å². The van der Waals surface area contributed by atoms with Crippen LogP contribution in [0.25, 0.3) is 0 Å². The lowest BCUT2D eigenvalue weighted by molar-refractivity contribution is -0.340. The van der Waals surface area contributed by atoms with Gasteiger partial charge in [0.1, 0.15) is 0 Å². The first-order valence-electron chi connectivity index (χ1n) is 9.49. The van der Waals surface area contributed by atoms with E-state index in [2.05, 4.69) is 0 Å². The average molecular weight is 448 g/mol. The van der Waals surface area contributed by atoms with E-state index in [9.17, 15) is 31.1 Å². The highest BCUT2D eigenvalue weighted by molar-refractivity contribution is 6.69. The number of halogens is 6. The van der Waals surface area contributed by atoms with Gasteiger partial charge in [-0.1, -0.05) is 30.4 Å². The lowest BCUT2D eigenvalue weighted by Crippen LogP contribution is -2.61. The zero-order valence-electron chi connectivity index (χ0n) is 16.7. The van der Waals surface area contributed by atoms with Gasteiger partial charge in [0, 0.05) is 5.57 Å². The van der Waals surface area contributed by atoms with Crippen molar-refractivity contribution in [1.29, 1.82) is 0 Å². The van der Waals surface area contributed by atoms with Crippen LogP contribution in [0.15, 0.2) is 59.3 Å². The van der Waals surface area contributed by atoms with Crippen molar-refractivity contribution in [2.24, 2.45) is 5.41 Å². The number of carbonyl (C=O) groups is 1. The molecule has 0 spiro atoms. The molecule has 0 aromatic carbocycles. The molecule has 0 radical (unpaired) electrons. The Hall–Kier alpha value is -1.87. The highest BCUT2D eigenvalue weighted by Crippen LogP contribution is 2.60. The Bertz CT molecular complexity index is 876. The number of rotatable bonds is 6. The highest BCUT2D eigenvalue weighted by Gasteiger charge is 2.71. The second-order valence-electron chi connectivity index (χ2n) is 8.80. The van der Waals surface area contributed by atoms with Gasteiger partial charge in [0.2, 0.25) is 0 Å². The van der Waals surface area contributed by atoms with Crippen molar-refractivity contribution in [3.8, 4) is 0 Å². The van der Waals surface area contributed by atoms with Gasteiger partial charge in [-0.3, -0.25) is 4.79 Å². The molecule has 0 atom stereocenters. The Morgan fingerprint density at radius 1 is 1.00 bits per heavy atom. The number of hydrogen-bond acceptors (Lipinski definition) is 2. The first-order chi connectivity index (χ1) is 13.6. The summed E-state index contributed by atoms with van der Waals surface area (Å²) in [5, 5.41) is 0. The molecular formula is C21H22F6O2Si. The number of alkyl halides is 6. The molecule has 0 aromatic heterocycles. The van der Waals surface area contributed by atoms with Gasteiger partial charge in [0.25, 0.3) is 5.60 Å². The Labute approximate surface area is 171 Å². The topological polar surface area (TPSA) is 26.3 Å². The molecule has 0 saturated heterocycles. The summed E-state index contributed by atoms with van der Waals surface area (Å²) in [4.78, 5) is 12.0. The van der Waals surface area contributed by atoms with Gasteiger partial charge >= 0.3 is 12.4 Å². The molecule has 2 nitrogen and oxygen atoms in total. The lowest BCUT2D eigenvalue weighted by Gasteiger charge is -2.39. The number of ketones is 1. The van der Waals surface area contributed by atoms with Crippen molar-refractivity contribution in [2.45, 2.75) is 56.9 Å². The fourth-order valence-corrected chi connectivity index (χ4v) is 5.10. The molecule has 0 heterocycles. The second-order valence-corrected chi connectivity index (χ2v) is 13.2. The Morgan fingerprint density at radius 3 is 2.10 bits per heavy atom. The predicted molar refractivity (Wildman–Crippen MR) is 103 cm³/mol. The summed E-state index contributed by atoms with van der Waals surface area (Å²) in [6.45, 7) is 3.85. The SMILES string of the molecule is C[Si](C)(C)OC(C=CCC1(C2=CC=C3C(=O)C=CC=C32)CC1)(C(F)(F)F)C(F)(F)F. The summed E-state index contributed by atoms with van der Waals surface area (Å²) < 4.78 is 86.7. The van der Waals surface area contributed by atoms with E-state index in [4.69, 9.17) is 4.43 Å². The summed E-state index contributed by atoms with van der Waals surface area (Å²) in [5.41, 5.74) is -2.91. The Kier molecular flexibility index (Phi) is 5.38. The first-order valence-corrected chi connectivity index (χ1v) is 12.9. The minimum Gasteiger partial charge on any atom is -0.394 e. The molecule has 0 N–H and O–H groups in total. The van der Waals surface area contributed by atoms with Crippen LogP contribution in [0, 0.1) is 5.41 Å². The van der Waals surface area contributed by atoms with Gasteiger partial charge in [0.15, 0.2) is 14.1 Å². The first kappa shape index (κ1) is 22.8. The average Bonchev–Trinajstić information content (AvgIpc) is 3.20. The summed E-state index contributed by atoms with van der Waals surface area (Å²) in [7, 11) is -3.21. The van der Waals surface area contributed by atoms with E-state index in [1.807, 2.05) is 0 Å². The summed E-state index contributed by atoms with van der Waals surface area (Å²) in [6.07, 6.45) is -0.819. The third-order valence-electron chi connectivity index (χ3n) is 5.37. The van der Waals surface area contributed by atoms with Crippen molar-refractivity contribution in [1.82, 2.24) is 0 Å². The predicted octanol–water partition coefficient (Wildman–Crippen LogP) is 6.36. The van der Waals surface area contributed by atoms with Gasteiger partial charge in [-0.25, -0.2) is 0 Å². The number of allylic oxidation sites excluding steroid dienone is 9. The normalized spacial score (nSPS) is 21.5. The molecule has 0 aromatic rings. The van der Waals surface area contributed by atoms with Crippen LogP contribution in [0.1, 0.15) is 19.3 Å². The fraction of sp³-hybridized carbons (Fsp3) is 0.476. The van der Waals surface area contributed by atoms with Crippen LogP contribution in [0.4, 0.5) is 26.3 Å². The number of hydrogen-bond donors (Lipinski definition) is 0. The molecule has 9 heteroatoms. The van der Waals surface area contributed by atoms with Crippen LogP contribution in [-0.4, -0.2) is 32.1 Å². The molecule has 3 aliphatic carbocycles. The molecule has 1 fully saturated rings. The second kappa shape index (κ2) is 7.08. The van der Waals surface area contributed by atoms with E-state index in [0.29, 0.717) is 24.0 Å². The minimum absolute atomic E-state index is 0.00182. The lowest BCUT2D eigenvalue weighted by atomic mass is 9.83. The summed E-state index contributed by atoms with van der Waals surface area (Å²) in [6, 6.07) is 0.